The fourth-order valence-electron chi connectivity index (χ4n) is 1.99. The molecule has 0 aliphatic carbocycles. The van der Waals surface area contributed by atoms with Gasteiger partial charge in [-0.2, -0.15) is 0 Å². The van der Waals surface area contributed by atoms with Crippen molar-refractivity contribution in [3.63, 3.8) is 0 Å². The van der Waals surface area contributed by atoms with Crippen LogP contribution in [-0.4, -0.2) is 11.8 Å². The molecular weight excluding hydrogens is 327 g/mol. The zero-order valence-electron chi connectivity index (χ0n) is 9.60. The molecule has 0 radical (unpaired) electrons. The quantitative estimate of drug-likeness (QED) is 0.593. The highest BCUT2D eigenvalue weighted by Crippen LogP contribution is 2.36. The lowest BCUT2D eigenvalue weighted by Crippen LogP contribution is -2.29. The monoisotopic (exact) mass is 342 g/mol. The normalized spacial score (nSPS) is 12.4. The van der Waals surface area contributed by atoms with Crippen molar-refractivity contribution in [1.82, 2.24) is 0 Å². The lowest BCUT2D eigenvalue weighted by atomic mass is 9.80. The number of hydrogen-bond donors (Lipinski definition) is 0. The Morgan fingerprint density at radius 2 is 2.00 bits per heavy atom. The van der Waals surface area contributed by atoms with Crippen LogP contribution in [0.5, 0.6) is 0 Å². The molecule has 0 fully saturated rings. The summed E-state index contributed by atoms with van der Waals surface area (Å²) in [6, 6.07) is 2.17. The van der Waals surface area contributed by atoms with Gasteiger partial charge in [0.25, 0.3) is 0 Å². The second kappa shape index (κ2) is 6.63. The summed E-state index contributed by atoms with van der Waals surface area (Å²) in [6.45, 7) is 4.44. The molecule has 0 atom stereocenters. The second-order valence-electron chi connectivity index (χ2n) is 4.77. The minimum absolute atomic E-state index is 0.0432. The molecular formula is C12H17BrCl2S. The first-order valence-corrected chi connectivity index (χ1v) is 8.10. The molecule has 0 N–H and O–H groups in total. The van der Waals surface area contributed by atoms with Gasteiger partial charge < -0.3 is 0 Å². The molecule has 92 valence electrons. The van der Waals surface area contributed by atoms with Crippen LogP contribution in [0.3, 0.4) is 0 Å². The van der Waals surface area contributed by atoms with Crippen LogP contribution in [-0.2, 0) is 6.42 Å². The third kappa shape index (κ3) is 4.21. The van der Waals surface area contributed by atoms with E-state index in [9.17, 15) is 0 Å². The van der Waals surface area contributed by atoms with Crippen molar-refractivity contribution in [2.75, 3.05) is 11.8 Å². The van der Waals surface area contributed by atoms with Crippen molar-refractivity contribution in [1.29, 1.82) is 0 Å². The highest BCUT2D eigenvalue weighted by molar-refractivity contribution is 9.10. The van der Waals surface area contributed by atoms with Crippen LogP contribution in [0.1, 0.15) is 25.1 Å². The number of alkyl halides is 2. The van der Waals surface area contributed by atoms with E-state index < -0.39 is 0 Å². The van der Waals surface area contributed by atoms with Gasteiger partial charge in [-0.25, -0.2) is 0 Å². The number of hydrogen-bond acceptors (Lipinski definition) is 1. The van der Waals surface area contributed by atoms with E-state index in [2.05, 4.69) is 41.2 Å². The maximum Gasteiger partial charge on any atom is 0.0295 e. The van der Waals surface area contributed by atoms with Crippen LogP contribution in [0.15, 0.2) is 15.9 Å². The molecule has 0 nitrogen and oxygen atoms in total. The van der Waals surface area contributed by atoms with Gasteiger partial charge >= 0.3 is 0 Å². The summed E-state index contributed by atoms with van der Waals surface area (Å²) in [5, 5.41) is 2.11. The van der Waals surface area contributed by atoms with E-state index in [0.717, 1.165) is 17.3 Å². The van der Waals surface area contributed by atoms with Crippen molar-refractivity contribution >= 4 is 50.5 Å². The topological polar surface area (TPSA) is 0 Å². The molecule has 4 heteroatoms. The lowest BCUT2D eigenvalue weighted by molar-refractivity contribution is 0.297. The standard InChI is InChI=1S/C12H17BrCl2S/c1-9(2)4-12(7-14,8-15)5-11-3-10(13)6-16-11/h3,6,9H,4-5,7-8H2,1-2H3. The Labute approximate surface area is 120 Å². The summed E-state index contributed by atoms with van der Waals surface area (Å²) in [4.78, 5) is 1.36. The van der Waals surface area contributed by atoms with E-state index in [0.29, 0.717) is 17.7 Å². The minimum atomic E-state index is 0.0432. The van der Waals surface area contributed by atoms with Gasteiger partial charge in [0.2, 0.25) is 0 Å². The van der Waals surface area contributed by atoms with Crippen LogP contribution < -0.4 is 0 Å². The van der Waals surface area contributed by atoms with E-state index in [1.165, 1.54) is 4.88 Å². The van der Waals surface area contributed by atoms with E-state index in [-0.39, 0.29) is 5.41 Å². The van der Waals surface area contributed by atoms with E-state index in [1.54, 1.807) is 11.3 Å². The van der Waals surface area contributed by atoms with Crippen LogP contribution in [0.25, 0.3) is 0 Å². The Bertz CT molecular complexity index is 319. The number of thiophene rings is 1. The summed E-state index contributed by atoms with van der Waals surface area (Å²) in [5.74, 6) is 1.88. The molecule has 0 unspecified atom stereocenters. The molecule has 0 amide bonds. The summed E-state index contributed by atoms with van der Waals surface area (Å²) >= 11 is 17.5. The van der Waals surface area contributed by atoms with E-state index in [4.69, 9.17) is 23.2 Å². The molecule has 0 aliphatic heterocycles. The lowest BCUT2D eigenvalue weighted by Gasteiger charge is -2.31. The van der Waals surface area contributed by atoms with E-state index in [1.807, 2.05) is 0 Å². The van der Waals surface area contributed by atoms with Crippen molar-refractivity contribution in [2.45, 2.75) is 26.7 Å². The molecule has 0 spiro atoms. The third-order valence-electron chi connectivity index (χ3n) is 2.58. The summed E-state index contributed by atoms with van der Waals surface area (Å²) in [7, 11) is 0. The maximum atomic E-state index is 6.13. The van der Waals surface area contributed by atoms with Crippen molar-refractivity contribution in [3.05, 3.63) is 20.8 Å². The smallest absolute Gasteiger partial charge is 0.0295 e. The van der Waals surface area contributed by atoms with Crippen LogP contribution in [0, 0.1) is 11.3 Å². The molecule has 0 aliphatic rings. The van der Waals surface area contributed by atoms with Crippen LogP contribution in [0.2, 0.25) is 0 Å². The minimum Gasteiger partial charge on any atom is -0.148 e. The molecule has 0 saturated carbocycles. The SMILES string of the molecule is CC(C)CC(CCl)(CCl)Cc1cc(Br)cs1. The first-order chi connectivity index (χ1) is 7.51. The maximum absolute atomic E-state index is 6.13. The average Bonchev–Trinajstić information content (AvgIpc) is 2.62. The third-order valence-corrected chi connectivity index (χ3v) is 5.41. The van der Waals surface area contributed by atoms with Gasteiger partial charge in [0, 0.05) is 31.9 Å². The largest absolute Gasteiger partial charge is 0.148 e. The highest BCUT2D eigenvalue weighted by atomic mass is 79.9. The molecule has 16 heavy (non-hydrogen) atoms. The van der Waals surface area contributed by atoms with Crippen LogP contribution >= 0.6 is 50.5 Å². The zero-order chi connectivity index (χ0) is 12.2. The Kier molecular flexibility index (Phi) is 6.14. The predicted molar refractivity (Wildman–Crippen MR) is 79.1 cm³/mol. The van der Waals surface area contributed by atoms with Gasteiger partial charge in [0.15, 0.2) is 0 Å². The number of halogens is 3. The summed E-state index contributed by atoms with van der Waals surface area (Å²) < 4.78 is 1.15. The van der Waals surface area contributed by atoms with Crippen molar-refractivity contribution < 1.29 is 0 Å². The molecule has 1 aromatic rings. The summed E-state index contributed by atoms with van der Waals surface area (Å²) in [5.41, 5.74) is 0.0432. The fourth-order valence-corrected chi connectivity index (χ4v) is 4.31. The Morgan fingerprint density at radius 3 is 2.38 bits per heavy atom. The first kappa shape index (κ1) is 14.8. The highest BCUT2D eigenvalue weighted by Gasteiger charge is 2.30. The van der Waals surface area contributed by atoms with Gasteiger partial charge in [0.05, 0.1) is 0 Å². The summed E-state index contributed by atoms with van der Waals surface area (Å²) in [6.07, 6.45) is 2.06. The van der Waals surface area contributed by atoms with Crippen LogP contribution in [0.4, 0.5) is 0 Å². The van der Waals surface area contributed by atoms with Gasteiger partial charge in [-0.05, 0) is 40.8 Å². The molecule has 0 saturated heterocycles. The second-order valence-corrected chi connectivity index (χ2v) is 7.22. The Morgan fingerprint density at radius 1 is 1.38 bits per heavy atom. The fraction of sp³-hybridized carbons (Fsp3) is 0.667. The molecule has 0 bridgehead atoms. The average molecular weight is 344 g/mol. The van der Waals surface area contributed by atoms with Gasteiger partial charge in [0.1, 0.15) is 0 Å². The van der Waals surface area contributed by atoms with Gasteiger partial charge in [-0.15, -0.1) is 34.5 Å². The first-order valence-electron chi connectivity index (χ1n) is 5.36. The molecule has 1 rings (SSSR count). The van der Waals surface area contributed by atoms with Crippen molar-refractivity contribution in [2.24, 2.45) is 11.3 Å². The molecule has 0 aromatic carbocycles. The Hall–Kier alpha value is 0.760. The zero-order valence-corrected chi connectivity index (χ0v) is 13.5. The van der Waals surface area contributed by atoms with Gasteiger partial charge in [-0.3, -0.25) is 0 Å². The number of rotatable bonds is 6. The van der Waals surface area contributed by atoms with Gasteiger partial charge in [-0.1, -0.05) is 13.8 Å². The molecule has 1 aromatic heterocycles. The Balaban J connectivity index is 2.77. The molecule has 1 heterocycles. The van der Waals surface area contributed by atoms with Crippen molar-refractivity contribution in [3.8, 4) is 0 Å². The predicted octanol–water partition coefficient (Wildman–Crippen LogP) is 5.56. The van der Waals surface area contributed by atoms with E-state index >= 15 is 0 Å².